The molecule has 0 atom stereocenters. The van der Waals surface area contributed by atoms with Crippen molar-refractivity contribution < 1.29 is 4.79 Å². The van der Waals surface area contributed by atoms with E-state index in [1.807, 2.05) is 30.3 Å². The fourth-order valence-electron chi connectivity index (χ4n) is 3.74. The van der Waals surface area contributed by atoms with E-state index < -0.39 is 0 Å². The highest BCUT2D eigenvalue weighted by molar-refractivity contribution is 7.23. The second-order valence-electron chi connectivity index (χ2n) is 7.60. The van der Waals surface area contributed by atoms with Gasteiger partial charge in [0.2, 0.25) is 0 Å². The maximum Gasteiger partial charge on any atom is 0.251 e. The number of amides is 1. The van der Waals surface area contributed by atoms with Crippen molar-refractivity contribution in [1.82, 2.24) is 19.6 Å². The number of imidazole rings is 1. The molecule has 0 saturated carbocycles. The van der Waals surface area contributed by atoms with Crippen molar-refractivity contribution >= 4 is 32.4 Å². The number of hydrogen-bond acceptors (Lipinski definition) is 5. The van der Waals surface area contributed by atoms with Crippen molar-refractivity contribution in [1.29, 1.82) is 0 Å². The fraction of sp³-hybridized carbons (Fsp3) is 0.333. The molecule has 2 aromatic carbocycles. The molecule has 4 rings (SSSR count). The number of hydrogen-bond donors (Lipinski definition) is 2. The number of rotatable bonds is 9. The Morgan fingerprint density at radius 3 is 2.65 bits per heavy atom. The molecule has 0 spiro atoms. The minimum atomic E-state index is -0.0202. The summed E-state index contributed by atoms with van der Waals surface area (Å²) in [5, 5.41) is 3.04. The molecular weight excluding hydrogens is 406 g/mol. The molecular formula is C24H29N5OS. The van der Waals surface area contributed by atoms with Crippen LogP contribution < -0.4 is 11.1 Å². The largest absolute Gasteiger partial charge is 0.352 e. The van der Waals surface area contributed by atoms with Crippen LogP contribution in [0.25, 0.3) is 26.4 Å². The van der Waals surface area contributed by atoms with Crippen LogP contribution in [0, 0.1) is 0 Å². The van der Waals surface area contributed by atoms with Gasteiger partial charge >= 0.3 is 0 Å². The number of benzene rings is 2. The summed E-state index contributed by atoms with van der Waals surface area (Å²) < 4.78 is 3.15. The first kappa shape index (κ1) is 21.5. The zero-order valence-corrected chi connectivity index (χ0v) is 18.9. The number of aromatic nitrogens is 2. The monoisotopic (exact) mass is 435 g/mol. The molecule has 7 heteroatoms. The summed E-state index contributed by atoms with van der Waals surface area (Å²) in [4.78, 5) is 20.6. The lowest BCUT2D eigenvalue weighted by atomic mass is 10.1. The Morgan fingerprint density at radius 1 is 1.16 bits per heavy atom. The standard InChI is InChI=1S/C24H29N5OS/c1-3-28(4-2)13-5-12-26-23(30)19-10-11-21-22(14-19)31-24-27-20(16-29(21)24)18-8-6-17(15-25)7-9-18/h6-11,14,16H,3-5,12-13,15,25H2,1-2H3,(H,26,30). The Hall–Kier alpha value is -2.74. The molecule has 0 unspecified atom stereocenters. The van der Waals surface area contributed by atoms with Gasteiger partial charge in [0.15, 0.2) is 4.96 Å². The average Bonchev–Trinajstić information content (AvgIpc) is 3.36. The molecule has 0 bridgehead atoms. The highest BCUT2D eigenvalue weighted by Gasteiger charge is 2.13. The van der Waals surface area contributed by atoms with Crippen LogP contribution in [0.15, 0.2) is 48.7 Å². The van der Waals surface area contributed by atoms with Gasteiger partial charge in [0.1, 0.15) is 0 Å². The van der Waals surface area contributed by atoms with Crippen molar-refractivity contribution in [3.05, 3.63) is 59.8 Å². The first-order chi connectivity index (χ1) is 15.1. The molecule has 0 saturated heterocycles. The summed E-state index contributed by atoms with van der Waals surface area (Å²) >= 11 is 1.60. The number of nitrogens with zero attached hydrogens (tertiary/aromatic N) is 3. The zero-order chi connectivity index (χ0) is 21.8. The van der Waals surface area contributed by atoms with Crippen molar-refractivity contribution in [3.8, 4) is 11.3 Å². The van der Waals surface area contributed by atoms with E-state index in [-0.39, 0.29) is 5.91 Å². The van der Waals surface area contributed by atoms with Crippen LogP contribution in [0.5, 0.6) is 0 Å². The summed E-state index contributed by atoms with van der Waals surface area (Å²) in [6.45, 7) is 8.64. The third kappa shape index (κ3) is 4.63. The topological polar surface area (TPSA) is 75.7 Å². The predicted molar refractivity (Wildman–Crippen MR) is 129 cm³/mol. The summed E-state index contributed by atoms with van der Waals surface area (Å²) in [6, 6.07) is 14.0. The van der Waals surface area contributed by atoms with Gasteiger partial charge in [0.05, 0.1) is 15.9 Å². The number of carbonyl (C=O) groups is 1. The van der Waals surface area contributed by atoms with Crippen LogP contribution in [-0.2, 0) is 6.54 Å². The van der Waals surface area contributed by atoms with Crippen LogP contribution in [-0.4, -0.2) is 46.4 Å². The highest BCUT2D eigenvalue weighted by Crippen LogP contribution is 2.30. The fourth-order valence-corrected chi connectivity index (χ4v) is 4.79. The smallest absolute Gasteiger partial charge is 0.251 e. The van der Waals surface area contributed by atoms with Gasteiger partial charge in [-0.1, -0.05) is 49.4 Å². The number of fused-ring (bicyclic) bond motifs is 3. The third-order valence-corrected chi connectivity index (χ3v) is 6.69. The van der Waals surface area contributed by atoms with E-state index in [4.69, 9.17) is 10.7 Å². The van der Waals surface area contributed by atoms with Gasteiger partial charge in [0.25, 0.3) is 5.91 Å². The predicted octanol–water partition coefficient (Wildman–Crippen LogP) is 4.14. The highest BCUT2D eigenvalue weighted by atomic mass is 32.1. The van der Waals surface area contributed by atoms with E-state index in [0.717, 1.165) is 58.1 Å². The van der Waals surface area contributed by atoms with Crippen LogP contribution >= 0.6 is 11.3 Å². The van der Waals surface area contributed by atoms with Gasteiger partial charge in [-0.05, 0) is 49.8 Å². The lowest BCUT2D eigenvalue weighted by molar-refractivity contribution is 0.0952. The van der Waals surface area contributed by atoms with Gasteiger partial charge in [-0.25, -0.2) is 4.98 Å². The molecule has 0 aliphatic heterocycles. The van der Waals surface area contributed by atoms with E-state index in [1.54, 1.807) is 11.3 Å². The minimum Gasteiger partial charge on any atom is -0.352 e. The van der Waals surface area contributed by atoms with E-state index in [2.05, 4.69) is 46.8 Å². The Labute approximate surface area is 186 Å². The maximum atomic E-state index is 12.6. The maximum absolute atomic E-state index is 12.6. The molecule has 162 valence electrons. The number of nitrogens with one attached hydrogen (secondary N) is 1. The Kier molecular flexibility index (Phi) is 6.65. The summed E-state index contributed by atoms with van der Waals surface area (Å²) in [6.07, 6.45) is 3.01. The van der Waals surface area contributed by atoms with Crippen LogP contribution in [0.4, 0.5) is 0 Å². The summed E-state index contributed by atoms with van der Waals surface area (Å²) in [5.41, 5.74) is 10.6. The molecule has 2 aromatic heterocycles. The van der Waals surface area contributed by atoms with Crippen LogP contribution in [0.2, 0.25) is 0 Å². The number of thiazole rings is 1. The molecule has 1 amide bonds. The Bertz CT molecular complexity index is 1170. The van der Waals surface area contributed by atoms with Gasteiger partial charge < -0.3 is 16.0 Å². The Balaban J connectivity index is 1.47. The van der Waals surface area contributed by atoms with E-state index in [1.165, 1.54) is 0 Å². The van der Waals surface area contributed by atoms with Gasteiger partial charge in [0, 0.05) is 30.4 Å². The molecule has 0 aliphatic rings. The first-order valence-corrected chi connectivity index (χ1v) is 11.7. The van der Waals surface area contributed by atoms with Gasteiger partial charge in [-0.2, -0.15) is 0 Å². The minimum absolute atomic E-state index is 0.0202. The van der Waals surface area contributed by atoms with Crippen molar-refractivity contribution in [2.45, 2.75) is 26.8 Å². The van der Waals surface area contributed by atoms with Crippen molar-refractivity contribution in [3.63, 3.8) is 0 Å². The molecule has 3 N–H and O–H groups in total. The van der Waals surface area contributed by atoms with Crippen molar-refractivity contribution in [2.75, 3.05) is 26.2 Å². The molecule has 0 radical (unpaired) electrons. The second-order valence-corrected chi connectivity index (χ2v) is 8.61. The molecule has 4 aromatic rings. The number of carbonyl (C=O) groups excluding carboxylic acids is 1. The lowest BCUT2D eigenvalue weighted by Crippen LogP contribution is -2.29. The van der Waals surface area contributed by atoms with E-state index >= 15 is 0 Å². The molecule has 6 nitrogen and oxygen atoms in total. The van der Waals surface area contributed by atoms with Gasteiger partial charge in [-0.3, -0.25) is 9.20 Å². The normalized spacial score (nSPS) is 11.6. The zero-order valence-electron chi connectivity index (χ0n) is 18.1. The van der Waals surface area contributed by atoms with E-state index in [0.29, 0.717) is 18.7 Å². The molecule has 31 heavy (non-hydrogen) atoms. The lowest BCUT2D eigenvalue weighted by Gasteiger charge is -2.17. The van der Waals surface area contributed by atoms with Gasteiger partial charge in [-0.15, -0.1) is 0 Å². The molecule has 2 heterocycles. The van der Waals surface area contributed by atoms with Crippen LogP contribution in [0.1, 0.15) is 36.2 Å². The third-order valence-electron chi connectivity index (χ3n) is 5.67. The van der Waals surface area contributed by atoms with Crippen molar-refractivity contribution in [2.24, 2.45) is 5.73 Å². The quantitative estimate of drug-likeness (QED) is 0.388. The molecule has 0 aliphatic carbocycles. The Morgan fingerprint density at radius 2 is 1.94 bits per heavy atom. The number of nitrogens with two attached hydrogens (primary N) is 1. The average molecular weight is 436 g/mol. The second kappa shape index (κ2) is 9.60. The van der Waals surface area contributed by atoms with Crippen LogP contribution in [0.3, 0.4) is 0 Å². The first-order valence-electron chi connectivity index (χ1n) is 10.8. The summed E-state index contributed by atoms with van der Waals surface area (Å²) in [7, 11) is 0. The summed E-state index contributed by atoms with van der Waals surface area (Å²) in [5.74, 6) is -0.0202. The van der Waals surface area contributed by atoms with E-state index in [9.17, 15) is 4.79 Å². The molecule has 0 fully saturated rings. The SMILES string of the molecule is CCN(CC)CCCNC(=O)c1ccc2c(c1)sc1nc(-c3ccc(CN)cc3)cn12.